The predicted octanol–water partition coefficient (Wildman–Crippen LogP) is 0.868. The molecule has 82 valence electrons. The van der Waals surface area contributed by atoms with E-state index in [1.807, 2.05) is 0 Å². The first kappa shape index (κ1) is 10.4. The number of ether oxygens (including phenoxy) is 2. The van der Waals surface area contributed by atoms with E-state index in [0.717, 1.165) is 6.61 Å². The molecule has 0 unspecified atom stereocenters. The smallest absolute Gasteiger partial charge is 0.175 e. The van der Waals surface area contributed by atoms with Gasteiger partial charge in [-0.1, -0.05) is 0 Å². The van der Waals surface area contributed by atoms with Gasteiger partial charge in [-0.25, -0.2) is 8.42 Å². The summed E-state index contributed by atoms with van der Waals surface area (Å²) >= 11 is 0. The Balaban J connectivity index is 2.02. The number of rotatable bonds is 4. The van der Waals surface area contributed by atoms with E-state index in [-0.39, 0.29) is 6.10 Å². The lowest BCUT2D eigenvalue weighted by Crippen LogP contribution is -2.04. The van der Waals surface area contributed by atoms with Crippen LogP contribution in [0.5, 0.6) is 5.75 Å². The van der Waals surface area contributed by atoms with Crippen LogP contribution in [0.4, 0.5) is 0 Å². The monoisotopic (exact) mass is 228 g/mol. The molecule has 0 spiro atoms. The number of benzene rings is 1. The van der Waals surface area contributed by atoms with Crippen LogP contribution in [0.15, 0.2) is 29.2 Å². The van der Waals surface area contributed by atoms with E-state index >= 15 is 0 Å². The summed E-state index contributed by atoms with van der Waals surface area (Å²) in [7, 11) is -3.12. The minimum Gasteiger partial charge on any atom is -0.491 e. The highest BCUT2D eigenvalue weighted by Crippen LogP contribution is 2.17. The molecule has 0 amide bonds. The molecule has 1 aliphatic rings. The second-order valence-corrected chi connectivity index (χ2v) is 5.53. The van der Waals surface area contributed by atoms with Crippen LogP contribution in [0.1, 0.15) is 0 Å². The second kappa shape index (κ2) is 3.83. The average Bonchev–Trinajstić information content (AvgIpc) is 2.97. The third-order valence-corrected chi connectivity index (χ3v) is 3.22. The zero-order valence-corrected chi connectivity index (χ0v) is 9.16. The van der Waals surface area contributed by atoms with Gasteiger partial charge in [0.1, 0.15) is 18.5 Å². The van der Waals surface area contributed by atoms with Crippen LogP contribution in [-0.4, -0.2) is 34.0 Å². The Morgan fingerprint density at radius 2 is 2.00 bits per heavy atom. The normalized spacial score (nSPS) is 19.9. The van der Waals surface area contributed by atoms with E-state index in [4.69, 9.17) is 9.47 Å². The van der Waals surface area contributed by atoms with Crippen molar-refractivity contribution in [3.8, 4) is 5.75 Å². The van der Waals surface area contributed by atoms with Crippen molar-refractivity contribution < 1.29 is 17.9 Å². The molecule has 5 heteroatoms. The van der Waals surface area contributed by atoms with Crippen LogP contribution in [-0.2, 0) is 14.6 Å². The van der Waals surface area contributed by atoms with Crippen molar-refractivity contribution in [3.05, 3.63) is 24.3 Å². The van der Waals surface area contributed by atoms with Crippen LogP contribution < -0.4 is 4.74 Å². The molecule has 0 bridgehead atoms. The molecule has 1 atom stereocenters. The summed E-state index contributed by atoms with van der Waals surface area (Å²) in [5.41, 5.74) is 0. The molecule has 1 aliphatic heterocycles. The fraction of sp³-hybridized carbons (Fsp3) is 0.400. The SMILES string of the molecule is CS(=O)(=O)c1ccc(OC[C@H]2CO2)cc1. The van der Waals surface area contributed by atoms with Gasteiger partial charge in [0.2, 0.25) is 0 Å². The molecular weight excluding hydrogens is 216 g/mol. The molecule has 0 aliphatic carbocycles. The number of sulfone groups is 1. The first-order chi connectivity index (χ1) is 7.05. The third kappa shape index (κ3) is 2.94. The molecule has 0 radical (unpaired) electrons. The quantitative estimate of drug-likeness (QED) is 0.717. The Bertz CT molecular complexity index is 431. The van der Waals surface area contributed by atoms with E-state index < -0.39 is 9.84 Å². The first-order valence-electron chi connectivity index (χ1n) is 4.60. The lowest BCUT2D eigenvalue weighted by molar-refractivity contribution is 0.263. The summed E-state index contributed by atoms with van der Waals surface area (Å²) in [4.78, 5) is 0.303. The van der Waals surface area contributed by atoms with Gasteiger partial charge in [0, 0.05) is 6.26 Å². The maximum absolute atomic E-state index is 11.2. The van der Waals surface area contributed by atoms with Gasteiger partial charge >= 0.3 is 0 Å². The van der Waals surface area contributed by atoms with Crippen molar-refractivity contribution in [3.63, 3.8) is 0 Å². The lowest BCUT2D eigenvalue weighted by atomic mass is 10.3. The lowest BCUT2D eigenvalue weighted by Gasteiger charge is -2.04. The fourth-order valence-corrected chi connectivity index (χ4v) is 1.77. The number of hydrogen-bond donors (Lipinski definition) is 0. The van der Waals surface area contributed by atoms with Crippen molar-refractivity contribution in [2.24, 2.45) is 0 Å². The summed E-state index contributed by atoms with van der Waals surface area (Å²) in [5, 5.41) is 0. The van der Waals surface area contributed by atoms with Gasteiger partial charge in [-0.2, -0.15) is 0 Å². The largest absolute Gasteiger partial charge is 0.491 e. The highest BCUT2D eigenvalue weighted by Gasteiger charge is 2.23. The number of epoxide rings is 1. The van der Waals surface area contributed by atoms with Crippen molar-refractivity contribution >= 4 is 9.84 Å². The highest BCUT2D eigenvalue weighted by molar-refractivity contribution is 7.90. The molecule has 2 rings (SSSR count). The minimum atomic E-state index is -3.12. The van der Waals surface area contributed by atoms with Crippen molar-refractivity contribution in [1.82, 2.24) is 0 Å². The van der Waals surface area contributed by atoms with E-state index in [0.29, 0.717) is 17.3 Å². The Morgan fingerprint density at radius 3 is 2.47 bits per heavy atom. The Morgan fingerprint density at radius 1 is 1.40 bits per heavy atom. The molecule has 1 heterocycles. The molecule has 1 aromatic rings. The molecule has 1 aromatic carbocycles. The van der Waals surface area contributed by atoms with Crippen molar-refractivity contribution in [2.45, 2.75) is 11.0 Å². The molecule has 1 saturated heterocycles. The van der Waals surface area contributed by atoms with Gasteiger partial charge in [-0.05, 0) is 24.3 Å². The summed E-state index contributed by atoms with van der Waals surface area (Å²) < 4.78 is 32.7. The Labute approximate surface area is 88.7 Å². The average molecular weight is 228 g/mol. The van der Waals surface area contributed by atoms with Gasteiger partial charge < -0.3 is 9.47 Å². The topological polar surface area (TPSA) is 55.9 Å². The highest BCUT2D eigenvalue weighted by atomic mass is 32.2. The second-order valence-electron chi connectivity index (χ2n) is 3.51. The van der Waals surface area contributed by atoms with E-state index in [1.165, 1.54) is 6.26 Å². The molecular formula is C10H12O4S. The molecule has 15 heavy (non-hydrogen) atoms. The van der Waals surface area contributed by atoms with Gasteiger partial charge in [0.25, 0.3) is 0 Å². The maximum atomic E-state index is 11.2. The standard InChI is InChI=1S/C10H12O4S/c1-15(11,12)10-4-2-8(3-5-10)13-6-9-7-14-9/h2-5,9H,6-7H2,1H3/t9-/m0/s1. The predicted molar refractivity (Wildman–Crippen MR) is 54.8 cm³/mol. The zero-order chi connectivity index (χ0) is 10.9. The molecule has 1 fully saturated rings. The summed E-state index contributed by atoms with van der Waals surface area (Å²) in [5.74, 6) is 0.665. The van der Waals surface area contributed by atoms with Crippen LogP contribution in [0.25, 0.3) is 0 Å². The van der Waals surface area contributed by atoms with Crippen LogP contribution in [0.2, 0.25) is 0 Å². The molecule has 0 aromatic heterocycles. The van der Waals surface area contributed by atoms with Crippen LogP contribution in [0, 0.1) is 0 Å². The summed E-state index contributed by atoms with van der Waals surface area (Å²) in [6.07, 6.45) is 1.39. The molecule has 4 nitrogen and oxygen atoms in total. The van der Waals surface area contributed by atoms with Gasteiger partial charge in [-0.3, -0.25) is 0 Å². The van der Waals surface area contributed by atoms with Gasteiger partial charge in [0.15, 0.2) is 9.84 Å². The Kier molecular flexibility index (Phi) is 2.67. The maximum Gasteiger partial charge on any atom is 0.175 e. The van der Waals surface area contributed by atoms with Crippen LogP contribution in [0.3, 0.4) is 0 Å². The van der Waals surface area contributed by atoms with Gasteiger partial charge in [-0.15, -0.1) is 0 Å². The van der Waals surface area contributed by atoms with E-state index in [2.05, 4.69) is 0 Å². The minimum absolute atomic E-state index is 0.208. The van der Waals surface area contributed by atoms with E-state index in [9.17, 15) is 8.42 Å². The summed E-state index contributed by atoms with van der Waals surface area (Å²) in [6.45, 7) is 1.28. The molecule has 0 saturated carbocycles. The van der Waals surface area contributed by atoms with E-state index in [1.54, 1.807) is 24.3 Å². The molecule has 0 N–H and O–H groups in total. The zero-order valence-electron chi connectivity index (χ0n) is 8.34. The number of hydrogen-bond acceptors (Lipinski definition) is 4. The Hall–Kier alpha value is -1.07. The van der Waals surface area contributed by atoms with Gasteiger partial charge in [0.05, 0.1) is 11.5 Å². The van der Waals surface area contributed by atoms with Crippen molar-refractivity contribution in [2.75, 3.05) is 19.5 Å². The fourth-order valence-electron chi connectivity index (χ4n) is 1.14. The third-order valence-electron chi connectivity index (χ3n) is 2.09. The first-order valence-corrected chi connectivity index (χ1v) is 6.49. The van der Waals surface area contributed by atoms with Crippen molar-refractivity contribution in [1.29, 1.82) is 0 Å². The van der Waals surface area contributed by atoms with Crippen LogP contribution >= 0.6 is 0 Å². The summed E-state index contributed by atoms with van der Waals surface area (Å²) in [6, 6.07) is 6.38.